The molecule has 5 rings (SSSR count). The van der Waals surface area contributed by atoms with Crippen molar-refractivity contribution < 1.29 is 1.37 Å². The number of rotatable bonds is 8. The highest BCUT2D eigenvalue weighted by atomic mass is 35.5. The van der Waals surface area contributed by atoms with E-state index in [1.54, 1.807) is 41.2 Å². The lowest BCUT2D eigenvalue weighted by molar-refractivity contribution is 0.347. The van der Waals surface area contributed by atoms with Crippen molar-refractivity contribution >= 4 is 33.9 Å². The number of aromatic nitrogens is 4. The van der Waals surface area contributed by atoms with Crippen LogP contribution in [0.3, 0.4) is 0 Å². The molecule has 9 heteroatoms. The predicted octanol–water partition coefficient (Wildman–Crippen LogP) is 7.74. The minimum absolute atomic E-state index is 0.0642. The number of hydrogen-bond acceptors (Lipinski definition) is 7. The molecule has 0 fully saturated rings. The van der Waals surface area contributed by atoms with E-state index in [0.717, 1.165) is 12.0 Å². The highest BCUT2D eigenvalue weighted by molar-refractivity contribution is 6.35. The first-order chi connectivity index (χ1) is 20.6. The normalized spacial score (nSPS) is 13.8. The van der Waals surface area contributed by atoms with Crippen LogP contribution < -0.4 is 10.6 Å². The first-order valence-corrected chi connectivity index (χ1v) is 14.0. The van der Waals surface area contributed by atoms with E-state index in [1.165, 1.54) is 6.20 Å². The summed E-state index contributed by atoms with van der Waals surface area (Å²) < 4.78 is 11.4. The van der Waals surface area contributed by atoms with Crippen molar-refractivity contribution in [1.29, 1.82) is 10.5 Å². The van der Waals surface area contributed by atoms with Gasteiger partial charge in [0.05, 0.1) is 58.6 Å². The van der Waals surface area contributed by atoms with E-state index in [1.807, 2.05) is 57.2 Å². The minimum atomic E-state index is -1.64. The van der Waals surface area contributed by atoms with Crippen LogP contribution in [0.5, 0.6) is 0 Å². The van der Waals surface area contributed by atoms with Crippen molar-refractivity contribution in [1.82, 2.24) is 20.0 Å². The molecule has 0 saturated heterocycles. The Bertz CT molecular complexity index is 1870. The molecule has 210 valence electrons. The van der Waals surface area contributed by atoms with Gasteiger partial charge in [-0.15, -0.1) is 5.10 Å². The Balaban J connectivity index is 1.66. The SMILES string of the molecule is [2H][C@@](Nc1cc(Cl)c2ncc(C#N)c(N[C@H](CC)c3ccccc3)c2c1)(c1cccc(C#N)c1)c1cn(C(C)(C)C)nn1. The van der Waals surface area contributed by atoms with Gasteiger partial charge >= 0.3 is 0 Å². The average molecular weight is 576 g/mol. The van der Waals surface area contributed by atoms with E-state index < -0.39 is 6.02 Å². The van der Waals surface area contributed by atoms with E-state index in [4.69, 9.17) is 11.6 Å². The number of benzene rings is 3. The van der Waals surface area contributed by atoms with Gasteiger partial charge in [-0.05, 0) is 62.6 Å². The first-order valence-electron chi connectivity index (χ1n) is 14.1. The Morgan fingerprint density at radius 1 is 1.00 bits per heavy atom. The third kappa shape index (κ3) is 5.90. The summed E-state index contributed by atoms with van der Waals surface area (Å²) >= 11 is 6.80. The smallest absolute Gasteiger partial charge is 0.109 e. The Morgan fingerprint density at radius 3 is 2.43 bits per heavy atom. The van der Waals surface area contributed by atoms with Crippen LogP contribution in [0.25, 0.3) is 10.9 Å². The second-order valence-corrected chi connectivity index (χ2v) is 11.3. The fourth-order valence-electron chi connectivity index (χ4n) is 4.73. The van der Waals surface area contributed by atoms with Crippen LogP contribution in [0.1, 0.15) is 75.5 Å². The topological polar surface area (TPSA) is 115 Å². The van der Waals surface area contributed by atoms with Gasteiger partial charge in [-0.3, -0.25) is 4.98 Å². The van der Waals surface area contributed by atoms with Crippen LogP contribution in [-0.4, -0.2) is 20.0 Å². The summed E-state index contributed by atoms with van der Waals surface area (Å²) in [5.41, 5.74) is 4.00. The molecule has 42 heavy (non-hydrogen) atoms. The summed E-state index contributed by atoms with van der Waals surface area (Å²) in [5.74, 6) is 0. The molecule has 2 atom stereocenters. The zero-order valence-electron chi connectivity index (χ0n) is 24.9. The number of nitrogens with one attached hydrogen (secondary N) is 2. The van der Waals surface area contributed by atoms with Crippen LogP contribution in [0.4, 0.5) is 11.4 Å². The number of anilines is 2. The number of nitriles is 2. The van der Waals surface area contributed by atoms with Crippen molar-refractivity contribution in [3.8, 4) is 12.1 Å². The summed E-state index contributed by atoms with van der Waals surface area (Å²) in [6, 6.07) is 23.1. The van der Waals surface area contributed by atoms with Crippen molar-refractivity contribution in [2.75, 3.05) is 10.6 Å². The first kappa shape index (κ1) is 27.3. The van der Waals surface area contributed by atoms with Gasteiger partial charge in [0.25, 0.3) is 0 Å². The van der Waals surface area contributed by atoms with Crippen LogP contribution in [0, 0.1) is 22.7 Å². The van der Waals surface area contributed by atoms with Gasteiger partial charge in [0.1, 0.15) is 11.8 Å². The monoisotopic (exact) mass is 575 g/mol. The van der Waals surface area contributed by atoms with E-state index in [2.05, 4.69) is 45.0 Å². The zero-order chi connectivity index (χ0) is 30.8. The van der Waals surface area contributed by atoms with Gasteiger partial charge in [0.2, 0.25) is 0 Å². The van der Waals surface area contributed by atoms with Crippen LogP contribution >= 0.6 is 11.6 Å². The average Bonchev–Trinajstić information content (AvgIpc) is 3.52. The van der Waals surface area contributed by atoms with Gasteiger partial charge < -0.3 is 10.6 Å². The van der Waals surface area contributed by atoms with Gasteiger partial charge in [-0.1, -0.05) is 66.2 Å². The molecule has 2 heterocycles. The molecule has 0 unspecified atom stereocenters. The number of nitrogens with zero attached hydrogens (tertiary/aromatic N) is 6. The second kappa shape index (κ2) is 11.9. The van der Waals surface area contributed by atoms with Crippen molar-refractivity contribution in [2.24, 2.45) is 0 Å². The van der Waals surface area contributed by atoms with Crippen LogP contribution in [0.2, 0.25) is 5.02 Å². The number of fused-ring (bicyclic) bond motifs is 1. The third-order valence-electron chi connectivity index (χ3n) is 6.96. The predicted molar refractivity (Wildman–Crippen MR) is 166 cm³/mol. The Morgan fingerprint density at radius 2 is 1.76 bits per heavy atom. The molecule has 0 aliphatic carbocycles. The maximum Gasteiger partial charge on any atom is 0.109 e. The maximum absolute atomic E-state index is 10.0. The number of hydrogen-bond donors (Lipinski definition) is 2. The summed E-state index contributed by atoms with van der Waals surface area (Å²) in [6.07, 6.45) is 4.03. The van der Waals surface area contributed by atoms with Crippen molar-refractivity contribution in [2.45, 2.75) is 51.7 Å². The summed E-state index contributed by atoms with van der Waals surface area (Å²) in [7, 11) is 0. The van der Waals surface area contributed by atoms with Gasteiger partial charge in [0.15, 0.2) is 0 Å². The van der Waals surface area contributed by atoms with E-state index in [-0.39, 0.29) is 11.6 Å². The second-order valence-electron chi connectivity index (χ2n) is 10.9. The molecular formula is C33H31ClN8. The summed E-state index contributed by atoms with van der Waals surface area (Å²) in [6.45, 7) is 8.07. The minimum Gasteiger partial charge on any atom is -0.377 e. The molecule has 0 amide bonds. The van der Waals surface area contributed by atoms with Gasteiger partial charge in [-0.2, -0.15) is 10.5 Å². The van der Waals surface area contributed by atoms with E-state index >= 15 is 0 Å². The Labute approximate surface area is 252 Å². The maximum atomic E-state index is 10.0. The van der Waals surface area contributed by atoms with Crippen molar-refractivity contribution in [3.05, 3.63) is 112 Å². The lowest BCUT2D eigenvalue weighted by atomic mass is 10.0. The molecule has 2 aromatic heterocycles. The van der Waals surface area contributed by atoms with Crippen LogP contribution in [0.15, 0.2) is 79.1 Å². The van der Waals surface area contributed by atoms with Crippen molar-refractivity contribution in [3.63, 3.8) is 0 Å². The zero-order valence-corrected chi connectivity index (χ0v) is 24.6. The molecule has 0 saturated carbocycles. The quantitative estimate of drug-likeness (QED) is 0.194. The molecule has 0 radical (unpaired) electrons. The molecule has 5 aromatic rings. The summed E-state index contributed by atoms with van der Waals surface area (Å²) in [5, 5.41) is 36.2. The number of pyridine rings is 1. The fourth-order valence-corrected chi connectivity index (χ4v) is 5.00. The molecule has 0 spiro atoms. The highest BCUT2D eigenvalue weighted by Crippen LogP contribution is 2.37. The molecule has 8 nitrogen and oxygen atoms in total. The molecule has 0 bridgehead atoms. The molecular weight excluding hydrogens is 544 g/mol. The highest BCUT2D eigenvalue weighted by Gasteiger charge is 2.23. The van der Waals surface area contributed by atoms with Gasteiger partial charge in [-0.25, -0.2) is 4.68 Å². The molecule has 0 aliphatic rings. The van der Waals surface area contributed by atoms with E-state index in [9.17, 15) is 11.9 Å². The Kier molecular flexibility index (Phi) is 7.72. The lowest BCUT2D eigenvalue weighted by Gasteiger charge is -2.23. The van der Waals surface area contributed by atoms with Gasteiger partial charge in [0, 0.05) is 17.3 Å². The fraction of sp³-hybridized carbons (Fsp3) is 0.242. The standard InChI is InChI=1S/C33H31ClN8/c1-5-28(22-11-7-6-8-12-22)39-30-24(18-36)19-37-32-26(30)15-25(16-27(32)34)38-31(23-13-9-10-21(14-23)17-35)29-20-42(41-40-29)33(2,3)4/h6-16,19-20,28,31,38H,5H2,1-4H3,(H,37,39)/t28-,31-/m1/s1/i31D. The summed E-state index contributed by atoms with van der Waals surface area (Å²) in [4.78, 5) is 4.49. The lowest BCUT2D eigenvalue weighted by Crippen LogP contribution is -2.22. The third-order valence-corrected chi connectivity index (χ3v) is 7.25. The van der Waals surface area contributed by atoms with E-state index in [0.29, 0.717) is 49.7 Å². The molecule has 3 aromatic carbocycles. The Hall–Kier alpha value is -4.92. The number of halogens is 1. The van der Waals surface area contributed by atoms with Crippen LogP contribution in [-0.2, 0) is 5.54 Å². The molecule has 2 N–H and O–H groups in total. The molecule has 0 aliphatic heterocycles. The largest absolute Gasteiger partial charge is 0.377 e.